The predicted octanol–water partition coefficient (Wildman–Crippen LogP) is 4.08. The molecule has 0 atom stereocenters. The van der Waals surface area contributed by atoms with Crippen LogP contribution in [0.15, 0.2) is 76.9 Å². The van der Waals surface area contributed by atoms with Gasteiger partial charge < -0.3 is 5.32 Å². The zero-order valence-electron chi connectivity index (χ0n) is 15.9. The summed E-state index contributed by atoms with van der Waals surface area (Å²) in [5.41, 5.74) is 3.09. The molecule has 1 amide bonds. The van der Waals surface area contributed by atoms with Crippen molar-refractivity contribution in [2.45, 2.75) is 24.0 Å². The third-order valence-corrected chi connectivity index (χ3v) is 5.13. The number of aromatic nitrogens is 5. The van der Waals surface area contributed by atoms with Gasteiger partial charge in [-0.05, 0) is 61.5 Å². The number of aryl methyl sites for hydroxylation is 2. The largest absolute Gasteiger partial charge is 0.321 e. The zero-order valence-corrected chi connectivity index (χ0v) is 16.7. The summed E-state index contributed by atoms with van der Waals surface area (Å²) in [5.74, 6) is 0.479. The second-order valence-corrected chi connectivity index (χ2v) is 7.32. The predicted molar refractivity (Wildman–Crippen MR) is 111 cm³/mol. The number of nitrogens with zero attached hydrogens (tertiary/aromatic N) is 5. The highest BCUT2D eigenvalue weighted by atomic mass is 32.2. The van der Waals surface area contributed by atoms with E-state index in [4.69, 9.17) is 0 Å². The molecule has 0 spiro atoms. The van der Waals surface area contributed by atoms with Crippen molar-refractivity contribution in [2.75, 3.05) is 5.32 Å². The summed E-state index contributed by atoms with van der Waals surface area (Å²) in [6.07, 6.45) is 0. The average Bonchev–Trinajstić information content (AvgIpc) is 3.09. The van der Waals surface area contributed by atoms with Gasteiger partial charge in [0.15, 0.2) is 5.69 Å². The molecule has 0 radical (unpaired) electrons. The molecular formula is C21H18N6OS. The number of rotatable bonds is 5. The highest BCUT2D eigenvalue weighted by Crippen LogP contribution is 2.28. The Labute approximate surface area is 172 Å². The highest BCUT2D eigenvalue weighted by Gasteiger charge is 2.15. The molecule has 29 heavy (non-hydrogen) atoms. The van der Waals surface area contributed by atoms with E-state index in [2.05, 4.69) is 25.7 Å². The van der Waals surface area contributed by atoms with Crippen molar-refractivity contribution in [1.29, 1.82) is 0 Å². The standard InChI is InChI=1S/C21H18N6OS/c1-14-8-6-7-11-18(14)27-15(2)23-26-21(27)29-19-13-12-17(24-25-19)20(28)22-16-9-4-3-5-10-16/h3-13H,1-2H3,(H,22,28). The number of hydrogen-bond donors (Lipinski definition) is 1. The van der Waals surface area contributed by atoms with E-state index in [1.807, 2.05) is 73.0 Å². The molecule has 0 aliphatic heterocycles. The Hall–Kier alpha value is -3.52. The minimum absolute atomic E-state index is 0.245. The van der Waals surface area contributed by atoms with Crippen LogP contribution < -0.4 is 5.32 Å². The van der Waals surface area contributed by atoms with E-state index in [-0.39, 0.29) is 11.6 Å². The van der Waals surface area contributed by atoms with E-state index in [1.165, 1.54) is 11.8 Å². The minimum Gasteiger partial charge on any atom is -0.321 e. The van der Waals surface area contributed by atoms with Gasteiger partial charge in [0.25, 0.3) is 5.91 Å². The molecular weight excluding hydrogens is 384 g/mol. The van der Waals surface area contributed by atoms with Gasteiger partial charge in [0, 0.05) is 5.69 Å². The van der Waals surface area contributed by atoms with E-state index in [9.17, 15) is 4.79 Å². The molecule has 1 N–H and O–H groups in total. The summed E-state index contributed by atoms with van der Waals surface area (Å²) in [4.78, 5) is 12.3. The van der Waals surface area contributed by atoms with Crippen molar-refractivity contribution in [3.8, 4) is 5.69 Å². The molecule has 0 saturated heterocycles. The van der Waals surface area contributed by atoms with Crippen molar-refractivity contribution in [2.24, 2.45) is 0 Å². The molecule has 0 aliphatic carbocycles. The number of carbonyl (C=O) groups excluding carboxylic acids is 1. The third-order valence-electron chi connectivity index (χ3n) is 4.25. The van der Waals surface area contributed by atoms with Crippen molar-refractivity contribution in [3.05, 3.63) is 83.8 Å². The van der Waals surface area contributed by atoms with Gasteiger partial charge >= 0.3 is 0 Å². The summed E-state index contributed by atoms with van der Waals surface area (Å²) in [6, 6.07) is 20.7. The van der Waals surface area contributed by atoms with Crippen molar-refractivity contribution in [3.63, 3.8) is 0 Å². The SMILES string of the molecule is Cc1ccccc1-n1c(C)nnc1Sc1ccc(C(=O)Nc2ccccc2)nn1. The average molecular weight is 402 g/mol. The van der Waals surface area contributed by atoms with Crippen LogP contribution in [0.4, 0.5) is 5.69 Å². The fraction of sp³-hybridized carbons (Fsp3) is 0.0952. The highest BCUT2D eigenvalue weighted by molar-refractivity contribution is 7.99. The van der Waals surface area contributed by atoms with E-state index in [0.29, 0.717) is 15.9 Å². The molecule has 2 aromatic carbocycles. The number of carbonyl (C=O) groups is 1. The maximum absolute atomic E-state index is 12.3. The Kier molecular flexibility index (Phi) is 5.35. The molecule has 4 rings (SSSR count). The molecule has 144 valence electrons. The number of nitrogens with one attached hydrogen (secondary N) is 1. The summed E-state index contributed by atoms with van der Waals surface area (Å²) in [7, 11) is 0. The van der Waals surface area contributed by atoms with E-state index in [0.717, 1.165) is 17.1 Å². The second kappa shape index (κ2) is 8.24. The van der Waals surface area contributed by atoms with Crippen LogP contribution in [0.1, 0.15) is 21.9 Å². The smallest absolute Gasteiger partial charge is 0.276 e. The topological polar surface area (TPSA) is 85.6 Å². The maximum atomic E-state index is 12.3. The van der Waals surface area contributed by atoms with Gasteiger partial charge in [-0.2, -0.15) is 0 Å². The first-order valence-electron chi connectivity index (χ1n) is 8.98. The van der Waals surface area contributed by atoms with Gasteiger partial charge in [0.05, 0.1) is 5.69 Å². The molecule has 7 nitrogen and oxygen atoms in total. The van der Waals surface area contributed by atoms with Crippen LogP contribution in [0.5, 0.6) is 0 Å². The molecule has 0 saturated carbocycles. The van der Waals surface area contributed by atoms with Gasteiger partial charge in [0.2, 0.25) is 5.16 Å². The van der Waals surface area contributed by atoms with E-state index in [1.54, 1.807) is 12.1 Å². The van der Waals surface area contributed by atoms with Gasteiger partial charge in [-0.1, -0.05) is 36.4 Å². The van der Waals surface area contributed by atoms with Gasteiger partial charge in [-0.3, -0.25) is 9.36 Å². The van der Waals surface area contributed by atoms with Gasteiger partial charge in [0.1, 0.15) is 10.9 Å². The van der Waals surface area contributed by atoms with E-state index >= 15 is 0 Å². The van der Waals surface area contributed by atoms with Gasteiger partial charge in [-0.15, -0.1) is 20.4 Å². The Morgan fingerprint density at radius 1 is 0.862 bits per heavy atom. The number of amides is 1. The monoisotopic (exact) mass is 402 g/mol. The lowest BCUT2D eigenvalue weighted by molar-refractivity contribution is 0.102. The first-order valence-corrected chi connectivity index (χ1v) is 9.79. The first-order chi connectivity index (χ1) is 14.1. The van der Waals surface area contributed by atoms with Crippen molar-refractivity contribution < 1.29 is 4.79 Å². The quantitative estimate of drug-likeness (QED) is 0.541. The molecule has 0 unspecified atom stereocenters. The van der Waals surface area contributed by atoms with Crippen LogP contribution in [0.25, 0.3) is 5.69 Å². The van der Waals surface area contributed by atoms with Crippen molar-refractivity contribution >= 4 is 23.4 Å². The maximum Gasteiger partial charge on any atom is 0.276 e. The Bertz CT molecular complexity index is 1140. The van der Waals surface area contributed by atoms with Crippen LogP contribution >= 0.6 is 11.8 Å². The Balaban J connectivity index is 1.53. The number of hydrogen-bond acceptors (Lipinski definition) is 6. The fourth-order valence-electron chi connectivity index (χ4n) is 2.81. The van der Waals surface area contributed by atoms with Crippen LogP contribution in [-0.2, 0) is 0 Å². The molecule has 0 fully saturated rings. The number of benzene rings is 2. The molecule has 8 heteroatoms. The Morgan fingerprint density at radius 3 is 2.34 bits per heavy atom. The van der Waals surface area contributed by atoms with Crippen molar-refractivity contribution in [1.82, 2.24) is 25.0 Å². The normalized spacial score (nSPS) is 10.7. The van der Waals surface area contributed by atoms with Crippen LogP contribution in [0.2, 0.25) is 0 Å². The summed E-state index contributed by atoms with van der Waals surface area (Å²) in [6.45, 7) is 3.95. The molecule has 2 heterocycles. The second-order valence-electron chi connectivity index (χ2n) is 6.33. The Morgan fingerprint density at radius 2 is 1.62 bits per heavy atom. The number of para-hydroxylation sites is 2. The third kappa shape index (κ3) is 4.17. The number of anilines is 1. The van der Waals surface area contributed by atoms with E-state index < -0.39 is 0 Å². The lowest BCUT2D eigenvalue weighted by Gasteiger charge is -2.10. The summed E-state index contributed by atoms with van der Waals surface area (Å²) in [5, 5.41) is 20.8. The van der Waals surface area contributed by atoms with Crippen LogP contribution in [0, 0.1) is 13.8 Å². The van der Waals surface area contributed by atoms with Gasteiger partial charge in [-0.25, -0.2) is 0 Å². The molecule has 4 aromatic rings. The first kappa shape index (κ1) is 18.8. The lowest BCUT2D eigenvalue weighted by atomic mass is 10.2. The summed E-state index contributed by atoms with van der Waals surface area (Å²) >= 11 is 1.35. The molecule has 0 bridgehead atoms. The fourth-order valence-corrected chi connectivity index (χ4v) is 3.61. The minimum atomic E-state index is -0.306. The zero-order chi connectivity index (χ0) is 20.2. The van der Waals surface area contributed by atoms with Crippen LogP contribution in [-0.4, -0.2) is 30.9 Å². The summed E-state index contributed by atoms with van der Waals surface area (Å²) < 4.78 is 1.98. The molecule has 2 aromatic heterocycles. The lowest BCUT2D eigenvalue weighted by Crippen LogP contribution is -2.14. The van der Waals surface area contributed by atoms with Crippen LogP contribution in [0.3, 0.4) is 0 Å². The molecule has 0 aliphatic rings.